The number of fused-ring (bicyclic) bond motifs is 1. The maximum atomic E-state index is 13.1. The van der Waals surface area contributed by atoms with E-state index >= 15 is 0 Å². The predicted octanol–water partition coefficient (Wildman–Crippen LogP) is 3.14. The van der Waals surface area contributed by atoms with Crippen molar-refractivity contribution in [3.63, 3.8) is 0 Å². The van der Waals surface area contributed by atoms with Gasteiger partial charge in [-0.1, -0.05) is 13.0 Å². The van der Waals surface area contributed by atoms with E-state index in [0.717, 1.165) is 10.9 Å². The number of ether oxygens (including phenoxy) is 1. The van der Waals surface area contributed by atoms with E-state index in [1.807, 2.05) is 24.9 Å². The van der Waals surface area contributed by atoms with Crippen LogP contribution < -0.4 is 4.72 Å². The number of carbonyl (C=O) groups excluding carboxylic acids is 1. The van der Waals surface area contributed by atoms with Gasteiger partial charge in [0.15, 0.2) is 0 Å². The third kappa shape index (κ3) is 4.08. The van der Waals surface area contributed by atoms with E-state index in [1.165, 1.54) is 18.5 Å². The number of benzene rings is 1. The number of aryl methyl sites for hydroxylation is 1. The number of nitrogens with one attached hydrogen (secondary N) is 1. The lowest BCUT2D eigenvalue weighted by Crippen LogP contribution is -2.50. The molecular formula is C24H33N3O4S. The van der Waals surface area contributed by atoms with E-state index in [4.69, 9.17) is 4.74 Å². The standard InChI is InChI=1S/C24H33N3O4S/c1-24(23(28)27-11-13-31-14-12-27)9-7-19(8-10-24)25-32(29,30)20-6-5-18-15-21(17-3-4-17)26(2)22(18)16-20/h5-6,15-17,19,25H,3-4,7-14H2,1-2H3/t19-,24-. The fraction of sp³-hybridized carbons (Fsp3) is 0.625. The molecule has 1 N–H and O–H groups in total. The largest absolute Gasteiger partial charge is 0.378 e. The second-order valence-electron chi connectivity index (χ2n) is 9.98. The Morgan fingerprint density at radius 1 is 1.09 bits per heavy atom. The molecule has 3 aliphatic rings. The van der Waals surface area contributed by atoms with Crippen molar-refractivity contribution in [1.82, 2.24) is 14.2 Å². The maximum absolute atomic E-state index is 13.1. The Hall–Kier alpha value is -1.90. The first-order valence-electron chi connectivity index (χ1n) is 11.8. The Balaban J connectivity index is 1.26. The summed E-state index contributed by atoms with van der Waals surface area (Å²) in [5.74, 6) is 0.796. The molecule has 1 saturated heterocycles. The first-order valence-corrected chi connectivity index (χ1v) is 13.2. The second-order valence-corrected chi connectivity index (χ2v) is 11.7. The van der Waals surface area contributed by atoms with Crippen LogP contribution in [0.25, 0.3) is 10.9 Å². The highest BCUT2D eigenvalue weighted by molar-refractivity contribution is 7.89. The summed E-state index contributed by atoms with van der Waals surface area (Å²) in [4.78, 5) is 15.2. The van der Waals surface area contributed by atoms with Crippen LogP contribution in [-0.4, -0.2) is 56.1 Å². The summed E-state index contributed by atoms with van der Waals surface area (Å²) in [6, 6.07) is 7.45. The molecule has 1 aliphatic heterocycles. The van der Waals surface area contributed by atoms with Crippen LogP contribution in [0.2, 0.25) is 0 Å². The number of nitrogens with zero attached hydrogens (tertiary/aromatic N) is 2. The minimum absolute atomic E-state index is 0.142. The quantitative estimate of drug-likeness (QED) is 0.745. The van der Waals surface area contributed by atoms with Crippen molar-refractivity contribution >= 4 is 26.8 Å². The number of carbonyl (C=O) groups is 1. The third-order valence-electron chi connectivity index (χ3n) is 7.59. The van der Waals surface area contributed by atoms with E-state index in [9.17, 15) is 13.2 Å². The van der Waals surface area contributed by atoms with E-state index in [1.54, 1.807) is 12.1 Å². The van der Waals surface area contributed by atoms with E-state index < -0.39 is 15.4 Å². The number of aromatic nitrogens is 1. The van der Waals surface area contributed by atoms with Gasteiger partial charge in [0.2, 0.25) is 15.9 Å². The van der Waals surface area contributed by atoms with E-state index in [0.29, 0.717) is 62.8 Å². The summed E-state index contributed by atoms with van der Waals surface area (Å²) in [5, 5.41) is 1.09. The van der Waals surface area contributed by atoms with E-state index in [2.05, 4.69) is 15.4 Å². The van der Waals surface area contributed by atoms with E-state index in [-0.39, 0.29) is 11.9 Å². The third-order valence-corrected chi connectivity index (χ3v) is 9.10. The Bertz CT molecular complexity index is 1120. The van der Waals surface area contributed by atoms with Crippen molar-refractivity contribution in [1.29, 1.82) is 0 Å². The molecule has 1 amide bonds. The smallest absolute Gasteiger partial charge is 0.240 e. The summed E-state index contributed by atoms with van der Waals surface area (Å²) in [6.07, 6.45) is 5.15. The molecule has 8 heteroatoms. The summed E-state index contributed by atoms with van der Waals surface area (Å²) >= 11 is 0. The van der Waals surface area contributed by atoms with Gasteiger partial charge in [0.05, 0.1) is 18.1 Å². The van der Waals surface area contributed by atoms with Gasteiger partial charge in [0, 0.05) is 42.8 Å². The second kappa shape index (κ2) is 8.15. The lowest BCUT2D eigenvalue weighted by molar-refractivity contribution is -0.147. The number of hydrogen-bond acceptors (Lipinski definition) is 4. The molecule has 32 heavy (non-hydrogen) atoms. The van der Waals surface area contributed by atoms with Crippen molar-refractivity contribution < 1.29 is 17.9 Å². The molecule has 2 saturated carbocycles. The van der Waals surface area contributed by atoms with Gasteiger partial charge in [-0.15, -0.1) is 0 Å². The Kier molecular flexibility index (Phi) is 5.58. The molecule has 3 fully saturated rings. The highest BCUT2D eigenvalue weighted by Crippen LogP contribution is 2.42. The molecule has 1 aromatic carbocycles. The van der Waals surface area contributed by atoms with Crippen molar-refractivity contribution in [2.75, 3.05) is 26.3 Å². The Morgan fingerprint density at radius 3 is 2.44 bits per heavy atom. The zero-order valence-electron chi connectivity index (χ0n) is 19.0. The minimum Gasteiger partial charge on any atom is -0.378 e. The molecule has 2 aliphatic carbocycles. The van der Waals surface area contributed by atoms with Gasteiger partial charge in [-0.3, -0.25) is 4.79 Å². The van der Waals surface area contributed by atoms with Gasteiger partial charge in [-0.2, -0.15) is 0 Å². The molecule has 2 aromatic rings. The van der Waals surface area contributed by atoms with Gasteiger partial charge in [-0.25, -0.2) is 13.1 Å². The maximum Gasteiger partial charge on any atom is 0.240 e. The molecule has 0 bridgehead atoms. The van der Waals surface area contributed by atoms with Crippen molar-refractivity contribution in [3.8, 4) is 0 Å². The first kappa shape index (κ1) is 21.9. The Morgan fingerprint density at radius 2 is 1.78 bits per heavy atom. The lowest BCUT2D eigenvalue weighted by Gasteiger charge is -2.40. The van der Waals surface area contributed by atoms with Crippen molar-refractivity contribution in [2.45, 2.75) is 62.3 Å². The summed E-state index contributed by atoms with van der Waals surface area (Å²) in [7, 11) is -1.60. The number of rotatable bonds is 5. The SMILES string of the molecule is Cn1c(C2CC2)cc2ccc(S(=O)(=O)N[C@H]3CC[C@](C)(C(=O)N4CCOCC4)CC3)cc21. The average Bonchev–Trinajstić information content (AvgIpc) is 3.59. The molecule has 174 valence electrons. The molecule has 0 unspecified atom stereocenters. The zero-order valence-corrected chi connectivity index (χ0v) is 19.8. The number of hydrogen-bond donors (Lipinski definition) is 1. The molecule has 0 atom stereocenters. The molecule has 1 aromatic heterocycles. The van der Waals surface area contributed by atoms with Crippen molar-refractivity contribution in [3.05, 3.63) is 30.0 Å². The molecule has 0 radical (unpaired) electrons. The number of amides is 1. The monoisotopic (exact) mass is 459 g/mol. The molecule has 5 rings (SSSR count). The van der Waals surface area contributed by atoms with Crippen LogP contribution in [0.5, 0.6) is 0 Å². The van der Waals surface area contributed by atoms with Gasteiger partial charge < -0.3 is 14.2 Å². The predicted molar refractivity (Wildman–Crippen MR) is 123 cm³/mol. The zero-order chi connectivity index (χ0) is 22.5. The van der Waals surface area contributed by atoms with Gasteiger partial charge in [0.1, 0.15) is 0 Å². The van der Waals surface area contributed by atoms with Crippen LogP contribution in [0.4, 0.5) is 0 Å². The summed E-state index contributed by atoms with van der Waals surface area (Å²) in [6.45, 7) is 4.51. The first-order chi connectivity index (χ1) is 15.3. The highest BCUT2D eigenvalue weighted by atomic mass is 32.2. The molecular weight excluding hydrogens is 426 g/mol. The van der Waals surface area contributed by atoms with Crippen LogP contribution in [0.3, 0.4) is 0 Å². The summed E-state index contributed by atoms with van der Waals surface area (Å²) < 4.78 is 36.7. The summed E-state index contributed by atoms with van der Waals surface area (Å²) in [5.41, 5.74) is 1.83. The number of sulfonamides is 1. The lowest BCUT2D eigenvalue weighted by atomic mass is 9.73. The van der Waals surface area contributed by atoms with Crippen LogP contribution in [0.1, 0.15) is 57.1 Å². The van der Waals surface area contributed by atoms with Gasteiger partial charge in [-0.05, 0) is 68.0 Å². The Labute approximate surface area is 190 Å². The topological polar surface area (TPSA) is 80.6 Å². The van der Waals surface area contributed by atoms with Gasteiger partial charge >= 0.3 is 0 Å². The number of morpholine rings is 1. The molecule has 2 heterocycles. The van der Waals surface area contributed by atoms with Crippen LogP contribution in [-0.2, 0) is 26.6 Å². The normalized spacial score (nSPS) is 27.1. The average molecular weight is 460 g/mol. The van der Waals surface area contributed by atoms with Crippen molar-refractivity contribution in [2.24, 2.45) is 12.5 Å². The van der Waals surface area contributed by atoms with Crippen LogP contribution in [0, 0.1) is 5.41 Å². The minimum atomic E-state index is -3.62. The van der Waals surface area contributed by atoms with Gasteiger partial charge in [0.25, 0.3) is 0 Å². The van der Waals surface area contributed by atoms with Crippen LogP contribution in [0.15, 0.2) is 29.2 Å². The fourth-order valence-corrected chi connectivity index (χ4v) is 6.62. The fourth-order valence-electron chi connectivity index (χ4n) is 5.29. The van der Waals surface area contributed by atoms with Crippen LogP contribution >= 0.6 is 0 Å². The highest BCUT2D eigenvalue weighted by Gasteiger charge is 2.41. The molecule has 0 spiro atoms. The molecule has 7 nitrogen and oxygen atoms in total.